The van der Waals surface area contributed by atoms with Crippen LogP contribution in [0, 0.1) is 5.82 Å². The van der Waals surface area contributed by atoms with Crippen LogP contribution in [-0.4, -0.2) is 38.1 Å². The fourth-order valence-corrected chi connectivity index (χ4v) is 3.11. The summed E-state index contributed by atoms with van der Waals surface area (Å²) in [7, 11) is 0. The van der Waals surface area contributed by atoms with Crippen molar-refractivity contribution in [2.24, 2.45) is 0 Å². The van der Waals surface area contributed by atoms with Crippen LogP contribution in [0.1, 0.15) is 32.9 Å². The third-order valence-corrected chi connectivity index (χ3v) is 5.43. The highest BCUT2D eigenvalue weighted by Gasteiger charge is 2.55. The molecule has 1 aromatic rings. The molecule has 3 atom stereocenters. The van der Waals surface area contributed by atoms with Crippen LogP contribution in [0.2, 0.25) is 0 Å². The maximum Gasteiger partial charge on any atom is 0.414 e. The smallest absolute Gasteiger partial charge is 0.414 e. The number of halogens is 7. The van der Waals surface area contributed by atoms with E-state index in [1.54, 1.807) is 0 Å². The molecule has 0 spiro atoms. The Bertz CT molecular complexity index is 604. The van der Waals surface area contributed by atoms with Crippen molar-refractivity contribution in [3.8, 4) is 0 Å². The van der Waals surface area contributed by atoms with Crippen molar-refractivity contribution in [2.45, 2.75) is 56.2 Å². The molecule has 4 nitrogen and oxygen atoms in total. The first kappa shape index (κ1) is 23.5. The fourth-order valence-electron chi connectivity index (χ4n) is 1.89. The zero-order chi connectivity index (χ0) is 20.5. The van der Waals surface area contributed by atoms with Gasteiger partial charge in [0, 0.05) is 17.8 Å². The van der Waals surface area contributed by atoms with Crippen molar-refractivity contribution in [2.75, 3.05) is 0 Å². The molecular formula is C14H17BrF6N2O2S. The Labute approximate surface area is 157 Å². The van der Waals surface area contributed by atoms with Gasteiger partial charge in [-0.2, -0.15) is 13.2 Å². The van der Waals surface area contributed by atoms with E-state index in [4.69, 9.17) is 0 Å². The van der Waals surface area contributed by atoms with E-state index in [-0.39, 0.29) is 4.60 Å². The molecule has 1 unspecified atom stereocenters. The van der Waals surface area contributed by atoms with Crippen LogP contribution in [0.4, 0.5) is 26.3 Å². The SMILES string of the molecule is CC(C)(C)[S+]([O-])N[C@](C[C@H](O)C(F)(F)F)(c1nc(Br)ccc1F)C(F)F. The number of alkyl halides is 5. The minimum absolute atomic E-state index is 0.122. The number of aliphatic hydroxyl groups is 1. The highest BCUT2D eigenvalue weighted by atomic mass is 79.9. The van der Waals surface area contributed by atoms with E-state index < -0.39 is 58.3 Å². The summed E-state index contributed by atoms with van der Waals surface area (Å²) in [4.78, 5) is 3.52. The molecule has 0 aromatic carbocycles. The number of pyridine rings is 1. The van der Waals surface area contributed by atoms with Gasteiger partial charge < -0.3 is 9.66 Å². The molecule has 0 aliphatic carbocycles. The van der Waals surface area contributed by atoms with Crippen LogP contribution >= 0.6 is 15.9 Å². The van der Waals surface area contributed by atoms with Gasteiger partial charge in [0.25, 0.3) is 6.43 Å². The number of aliphatic hydroxyl groups excluding tert-OH is 1. The number of rotatable bonds is 6. The van der Waals surface area contributed by atoms with Crippen LogP contribution in [-0.2, 0) is 16.9 Å². The Morgan fingerprint density at radius 3 is 2.23 bits per heavy atom. The van der Waals surface area contributed by atoms with Gasteiger partial charge in [0.1, 0.15) is 20.9 Å². The Hall–Kier alpha value is -0.560. The van der Waals surface area contributed by atoms with Crippen LogP contribution < -0.4 is 4.72 Å². The Kier molecular flexibility index (Phi) is 7.41. The molecule has 0 amide bonds. The second-order valence-corrected chi connectivity index (χ2v) is 9.26. The monoisotopic (exact) mass is 470 g/mol. The maximum atomic E-state index is 14.2. The van der Waals surface area contributed by atoms with Gasteiger partial charge in [-0.3, -0.25) is 0 Å². The van der Waals surface area contributed by atoms with E-state index >= 15 is 0 Å². The Balaban J connectivity index is 3.57. The lowest BCUT2D eigenvalue weighted by atomic mass is 9.88. The van der Waals surface area contributed by atoms with E-state index in [0.717, 1.165) is 12.1 Å². The van der Waals surface area contributed by atoms with Crippen molar-refractivity contribution in [3.63, 3.8) is 0 Å². The summed E-state index contributed by atoms with van der Waals surface area (Å²) in [6, 6.07) is 1.79. The topological polar surface area (TPSA) is 68.2 Å². The molecular weight excluding hydrogens is 454 g/mol. The first-order chi connectivity index (χ1) is 11.6. The molecule has 0 saturated heterocycles. The van der Waals surface area contributed by atoms with Crippen LogP contribution in [0.15, 0.2) is 16.7 Å². The third-order valence-electron chi connectivity index (χ3n) is 3.33. The van der Waals surface area contributed by atoms with E-state index in [1.807, 2.05) is 4.72 Å². The average Bonchev–Trinajstić information content (AvgIpc) is 2.46. The zero-order valence-corrected chi connectivity index (χ0v) is 16.3. The van der Waals surface area contributed by atoms with Crippen LogP contribution in [0.25, 0.3) is 0 Å². The normalized spacial score (nSPS) is 17.9. The van der Waals surface area contributed by atoms with E-state index in [9.17, 15) is 36.0 Å². The lowest BCUT2D eigenvalue weighted by Crippen LogP contribution is -2.58. The molecule has 0 saturated carbocycles. The van der Waals surface area contributed by atoms with Crippen molar-refractivity contribution < 1.29 is 36.0 Å². The van der Waals surface area contributed by atoms with Crippen molar-refractivity contribution in [3.05, 3.63) is 28.2 Å². The molecule has 0 aliphatic heterocycles. The largest absolute Gasteiger partial charge is 0.598 e. The molecule has 0 aliphatic rings. The number of nitrogens with zero attached hydrogens (tertiary/aromatic N) is 1. The highest BCUT2D eigenvalue weighted by molar-refractivity contribution is 9.10. The predicted octanol–water partition coefficient (Wildman–Crippen LogP) is 3.81. The van der Waals surface area contributed by atoms with Gasteiger partial charge in [-0.15, -0.1) is 4.72 Å². The Morgan fingerprint density at radius 1 is 1.27 bits per heavy atom. The van der Waals surface area contributed by atoms with Gasteiger partial charge in [0.05, 0.1) is 0 Å². The van der Waals surface area contributed by atoms with Crippen molar-refractivity contribution in [1.29, 1.82) is 0 Å². The summed E-state index contributed by atoms with van der Waals surface area (Å²) in [5.74, 6) is -1.33. The standard InChI is InChI=1S/C14H17BrF6N2O2S/c1-12(2,3)26(25)23-13(11(17)18,6-8(24)14(19,20)21)10-7(16)4-5-9(15)22-10/h4-5,8,11,23-24H,6H2,1-3H3/t8-,13+,26?/m0/s1. The lowest BCUT2D eigenvalue weighted by molar-refractivity contribution is -0.214. The predicted molar refractivity (Wildman–Crippen MR) is 87.3 cm³/mol. The number of hydrogen-bond donors (Lipinski definition) is 2. The summed E-state index contributed by atoms with van der Waals surface area (Å²) in [6.07, 6.45) is -13.8. The molecule has 1 aromatic heterocycles. The van der Waals surface area contributed by atoms with Crippen LogP contribution in [0.3, 0.4) is 0 Å². The summed E-state index contributed by atoms with van der Waals surface area (Å²) in [5, 5.41) is 9.35. The van der Waals surface area contributed by atoms with E-state index in [0.29, 0.717) is 0 Å². The zero-order valence-electron chi connectivity index (χ0n) is 13.9. The second-order valence-electron chi connectivity index (χ2n) is 6.48. The fraction of sp³-hybridized carbons (Fsp3) is 0.643. The molecule has 26 heavy (non-hydrogen) atoms. The lowest BCUT2D eigenvalue weighted by Gasteiger charge is -2.37. The summed E-state index contributed by atoms with van der Waals surface area (Å²) in [6.45, 7) is 4.16. The summed E-state index contributed by atoms with van der Waals surface area (Å²) >= 11 is 0.522. The van der Waals surface area contributed by atoms with Crippen molar-refractivity contribution in [1.82, 2.24) is 9.71 Å². The van der Waals surface area contributed by atoms with Gasteiger partial charge in [-0.1, -0.05) is 0 Å². The molecule has 1 rings (SSSR count). The maximum absolute atomic E-state index is 14.2. The second kappa shape index (κ2) is 8.21. The van der Waals surface area contributed by atoms with Gasteiger partial charge >= 0.3 is 6.18 Å². The van der Waals surface area contributed by atoms with Gasteiger partial charge in [0.2, 0.25) is 0 Å². The van der Waals surface area contributed by atoms with E-state index in [1.165, 1.54) is 20.8 Å². The number of aromatic nitrogens is 1. The van der Waals surface area contributed by atoms with Gasteiger partial charge in [0.15, 0.2) is 11.6 Å². The number of nitrogens with one attached hydrogen (secondary N) is 1. The van der Waals surface area contributed by atoms with Gasteiger partial charge in [-0.05, 0) is 48.8 Å². The van der Waals surface area contributed by atoms with Crippen LogP contribution in [0.5, 0.6) is 0 Å². The molecule has 1 heterocycles. The highest BCUT2D eigenvalue weighted by Crippen LogP contribution is 2.39. The first-order valence-electron chi connectivity index (χ1n) is 7.16. The average molecular weight is 471 g/mol. The van der Waals surface area contributed by atoms with E-state index in [2.05, 4.69) is 20.9 Å². The number of hydrogen-bond acceptors (Lipinski definition) is 4. The molecule has 150 valence electrons. The minimum atomic E-state index is -5.24. The Morgan fingerprint density at radius 2 is 1.81 bits per heavy atom. The summed E-state index contributed by atoms with van der Waals surface area (Å²) < 4.78 is 93.4. The third kappa shape index (κ3) is 5.47. The van der Waals surface area contributed by atoms with Gasteiger partial charge in [-0.25, -0.2) is 18.2 Å². The molecule has 0 bridgehead atoms. The van der Waals surface area contributed by atoms with Crippen molar-refractivity contribution >= 4 is 27.3 Å². The molecule has 12 heteroatoms. The summed E-state index contributed by atoms with van der Waals surface area (Å²) in [5.41, 5.74) is -4.22. The first-order valence-corrected chi connectivity index (χ1v) is 9.10. The molecule has 0 fully saturated rings. The minimum Gasteiger partial charge on any atom is -0.598 e. The quantitative estimate of drug-likeness (QED) is 0.376. The molecule has 0 radical (unpaired) electrons. The molecule has 2 N–H and O–H groups in total.